The topological polar surface area (TPSA) is 42.7 Å². The van der Waals surface area contributed by atoms with Crippen molar-refractivity contribution in [2.45, 2.75) is 13.5 Å². The van der Waals surface area contributed by atoms with E-state index in [0.717, 1.165) is 27.6 Å². The van der Waals surface area contributed by atoms with Crippen molar-refractivity contribution in [3.63, 3.8) is 0 Å². The molecular weight excluding hydrogens is 251 g/mol. The molecule has 0 atom stereocenters. The molecule has 1 aromatic carbocycles. The third-order valence-corrected chi connectivity index (χ3v) is 3.49. The van der Waals surface area contributed by atoms with E-state index in [4.69, 9.17) is 0 Å². The van der Waals surface area contributed by atoms with E-state index in [-0.39, 0.29) is 5.82 Å². The van der Waals surface area contributed by atoms with Crippen molar-refractivity contribution in [3.8, 4) is 0 Å². The lowest BCUT2D eigenvalue weighted by molar-refractivity contribution is 0.630. The molecule has 18 heavy (non-hydrogen) atoms. The second kappa shape index (κ2) is 4.38. The zero-order chi connectivity index (χ0) is 12.5. The molecule has 3 aromatic rings. The van der Waals surface area contributed by atoms with Gasteiger partial charge < -0.3 is 5.32 Å². The Labute approximate surface area is 107 Å². The Hall–Kier alpha value is -1.95. The predicted molar refractivity (Wildman–Crippen MR) is 70.8 cm³/mol. The molecule has 4 nitrogen and oxygen atoms in total. The van der Waals surface area contributed by atoms with Gasteiger partial charge in [-0.05, 0) is 25.1 Å². The number of nitrogens with one attached hydrogen (secondary N) is 1. The first-order chi connectivity index (χ1) is 8.74. The number of aromatic nitrogens is 3. The Kier molecular flexibility index (Phi) is 2.71. The third-order valence-electron chi connectivity index (χ3n) is 2.56. The van der Waals surface area contributed by atoms with Crippen LogP contribution in [0, 0.1) is 5.82 Å². The molecule has 0 fully saturated rings. The third kappa shape index (κ3) is 2.06. The van der Waals surface area contributed by atoms with Gasteiger partial charge in [-0.15, -0.1) is 0 Å². The molecule has 0 aliphatic rings. The summed E-state index contributed by atoms with van der Waals surface area (Å²) in [4.78, 5) is 4.39. The largest absolute Gasteiger partial charge is 0.329 e. The Morgan fingerprint density at radius 1 is 1.44 bits per heavy atom. The average molecular weight is 262 g/mol. The maximum atomic E-state index is 13.1. The Morgan fingerprint density at radius 3 is 3.11 bits per heavy atom. The summed E-state index contributed by atoms with van der Waals surface area (Å²) in [5, 5.41) is 8.08. The minimum absolute atomic E-state index is 0.239. The molecule has 0 bridgehead atoms. The summed E-state index contributed by atoms with van der Waals surface area (Å²) in [6.07, 6.45) is 3.66. The van der Waals surface area contributed by atoms with Crippen LogP contribution in [0.25, 0.3) is 10.2 Å². The van der Waals surface area contributed by atoms with Gasteiger partial charge in [0.25, 0.3) is 0 Å². The van der Waals surface area contributed by atoms with Crippen molar-refractivity contribution in [2.75, 3.05) is 5.32 Å². The second-order valence-corrected chi connectivity index (χ2v) is 4.87. The van der Waals surface area contributed by atoms with Crippen LogP contribution in [0.2, 0.25) is 0 Å². The van der Waals surface area contributed by atoms with Gasteiger partial charge in [0.15, 0.2) is 5.13 Å². The number of halogens is 1. The average Bonchev–Trinajstić information content (AvgIpc) is 2.95. The molecule has 0 amide bonds. The van der Waals surface area contributed by atoms with Crippen LogP contribution in [0.1, 0.15) is 6.92 Å². The lowest BCUT2D eigenvalue weighted by Gasteiger charge is -1.95. The quantitative estimate of drug-likeness (QED) is 0.786. The standard InChI is InChI=1S/C12H11FN4S/c1-2-17-7-9(6-14-17)15-12-16-10-4-3-8(13)5-11(10)18-12/h3-7H,2H2,1H3,(H,15,16). The summed E-state index contributed by atoms with van der Waals surface area (Å²) < 4.78 is 15.7. The number of thiazole rings is 1. The summed E-state index contributed by atoms with van der Waals surface area (Å²) >= 11 is 1.42. The van der Waals surface area contributed by atoms with Gasteiger partial charge in [0.2, 0.25) is 0 Å². The highest BCUT2D eigenvalue weighted by atomic mass is 32.1. The summed E-state index contributed by atoms with van der Waals surface area (Å²) in [6, 6.07) is 4.59. The van der Waals surface area contributed by atoms with Crippen LogP contribution in [-0.2, 0) is 6.54 Å². The molecule has 0 saturated carbocycles. The SMILES string of the molecule is CCn1cc(Nc2nc3ccc(F)cc3s2)cn1. The van der Waals surface area contributed by atoms with Crippen molar-refractivity contribution in [1.29, 1.82) is 0 Å². The van der Waals surface area contributed by atoms with E-state index in [0.29, 0.717) is 0 Å². The molecular formula is C12H11FN4S. The van der Waals surface area contributed by atoms with E-state index in [1.165, 1.54) is 23.5 Å². The fourth-order valence-corrected chi connectivity index (χ4v) is 2.59. The van der Waals surface area contributed by atoms with Crippen LogP contribution in [0.4, 0.5) is 15.2 Å². The predicted octanol–water partition coefficient (Wildman–Crippen LogP) is 3.40. The fourth-order valence-electron chi connectivity index (χ4n) is 1.68. The van der Waals surface area contributed by atoms with Crippen molar-refractivity contribution in [2.24, 2.45) is 0 Å². The van der Waals surface area contributed by atoms with Crippen LogP contribution in [-0.4, -0.2) is 14.8 Å². The van der Waals surface area contributed by atoms with Crippen molar-refractivity contribution >= 4 is 32.4 Å². The minimum Gasteiger partial charge on any atom is -0.329 e. The van der Waals surface area contributed by atoms with Crippen LogP contribution in [0.5, 0.6) is 0 Å². The molecule has 3 rings (SSSR count). The van der Waals surface area contributed by atoms with Gasteiger partial charge in [0, 0.05) is 12.7 Å². The smallest absolute Gasteiger partial charge is 0.188 e. The molecule has 0 saturated heterocycles. The summed E-state index contributed by atoms with van der Waals surface area (Å²) in [6.45, 7) is 2.85. The number of nitrogens with zero attached hydrogens (tertiary/aromatic N) is 3. The van der Waals surface area contributed by atoms with E-state index in [2.05, 4.69) is 15.4 Å². The highest BCUT2D eigenvalue weighted by Crippen LogP contribution is 2.28. The normalized spacial score (nSPS) is 11.0. The summed E-state index contributed by atoms with van der Waals surface area (Å²) in [5.74, 6) is -0.239. The van der Waals surface area contributed by atoms with Crippen LogP contribution >= 0.6 is 11.3 Å². The Balaban J connectivity index is 1.90. The van der Waals surface area contributed by atoms with Crippen LogP contribution < -0.4 is 5.32 Å². The van der Waals surface area contributed by atoms with Gasteiger partial charge in [-0.2, -0.15) is 5.10 Å². The van der Waals surface area contributed by atoms with E-state index >= 15 is 0 Å². The first-order valence-corrected chi connectivity index (χ1v) is 6.42. The molecule has 0 aliphatic carbocycles. The van der Waals surface area contributed by atoms with E-state index in [1.807, 2.05) is 17.8 Å². The Morgan fingerprint density at radius 2 is 2.33 bits per heavy atom. The van der Waals surface area contributed by atoms with Gasteiger partial charge in [-0.3, -0.25) is 4.68 Å². The van der Waals surface area contributed by atoms with Gasteiger partial charge >= 0.3 is 0 Å². The first-order valence-electron chi connectivity index (χ1n) is 5.60. The molecule has 0 aliphatic heterocycles. The molecule has 2 aromatic heterocycles. The number of fused-ring (bicyclic) bond motifs is 1. The number of rotatable bonds is 3. The van der Waals surface area contributed by atoms with Gasteiger partial charge in [0.05, 0.1) is 22.1 Å². The van der Waals surface area contributed by atoms with Gasteiger partial charge in [0.1, 0.15) is 5.82 Å². The molecule has 0 unspecified atom stereocenters. The molecule has 0 radical (unpaired) electrons. The maximum absolute atomic E-state index is 13.1. The van der Waals surface area contributed by atoms with Crippen LogP contribution in [0.15, 0.2) is 30.6 Å². The zero-order valence-corrected chi connectivity index (χ0v) is 10.5. The zero-order valence-electron chi connectivity index (χ0n) is 9.72. The van der Waals surface area contributed by atoms with E-state index in [1.54, 1.807) is 12.3 Å². The summed E-state index contributed by atoms with van der Waals surface area (Å²) in [5.41, 5.74) is 1.68. The van der Waals surface area contributed by atoms with E-state index < -0.39 is 0 Å². The maximum Gasteiger partial charge on any atom is 0.188 e. The van der Waals surface area contributed by atoms with Crippen molar-refractivity contribution in [3.05, 3.63) is 36.4 Å². The van der Waals surface area contributed by atoms with Crippen molar-refractivity contribution < 1.29 is 4.39 Å². The molecule has 0 spiro atoms. The first kappa shape index (κ1) is 11.2. The number of anilines is 2. The molecule has 1 N–H and O–H groups in total. The monoisotopic (exact) mass is 262 g/mol. The summed E-state index contributed by atoms with van der Waals surface area (Å²) in [7, 11) is 0. The fraction of sp³-hybridized carbons (Fsp3) is 0.167. The van der Waals surface area contributed by atoms with Crippen LogP contribution in [0.3, 0.4) is 0 Å². The highest BCUT2D eigenvalue weighted by molar-refractivity contribution is 7.22. The minimum atomic E-state index is -0.239. The van der Waals surface area contributed by atoms with Crippen molar-refractivity contribution in [1.82, 2.24) is 14.8 Å². The van der Waals surface area contributed by atoms with Gasteiger partial charge in [-0.1, -0.05) is 11.3 Å². The highest BCUT2D eigenvalue weighted by Gasteiger charge is 2.06. The lowest BCUT2D eigenvalue weighted by atomic mass is 10.3. The van der Waals surface area contributed by atoms with Gasteiger partial charge in [-0.25, -0.2) is 9.37 Å². The number of benzene rings is 1. The number of aryl methyl sites for hydroxylation is 1. The van der Waals surface area contributed by atoms with E-state index in [9.17, 15) is 4.39 Å². The number of hydrogen-bond acceptors (Lipinski definition) is 4. The molecule has 6 heteroatoms. The molecule has 92 valence electrons. The molecule has 2 heterocycles. The Bertz CT molecular complexity index is 688. The second-order valence-electron chi connectivity index (χ2n) is 3.84. The number of hydrogen-bond donors (Lipinski definition) is 1. The lowest BCUT2D eigenvalue weighted by Crippen LogP contribution is -1.92.